The molecule has 1 amide bonds. The van der Waals surface area contributed by atoms with Crippen LogP contribution in [0.3, 0.4) is 0 Å². The third-order valence-corrected chi connectivity index (χ3v) is 5.48. The van der Waals surface area contributed by atoms with E-state index >= 15 is 0 Å². The van der Waals surface area contributed by atoms with E-state index in [0.29, 0.717) is 22.3 Å². The molecule has 1 heterocycles. The zero-order valence-corrected chi connectivity index (χ0v) is 17.4. The summed E-state index contributed by atoms with van der Waals surface area (Å²) in [6.07, 6.45) is 1.18. The molecule has 1 fully saturated rings. The molecule has 1 aromatic heterocycles. The van der Waals surface area contributed by atoms with Gasteiger partial charge in [-0.1, -0.05) is 11.6 Å². The van der Waals surface area contributed by atoms with Gasteiger partial charge in [-0.3, -0.25) is 19.4 Å². The number of Topliss-reactive ketones (excluding diaryl/α,β-unsaturated/α-hetero) is 2. The van der Waals surface area contributed by atoms with Gasteiger partial charge in [0.25, 0.3) is 0 Å². The van der Waals surface area contributed by atoms with Crippen LogP contribution in [-0.2, 0) is 14.4 Å². The SMILES string of the molecule is Cc1cc(-c2ncc(Cl)cc2F)cc(C)c1C1C(=O)CC(CC(=O)NCCF)C1=O. The van der Waals surface area contributed by atoms with Crippen LogP contribution >= 0.6 is 11.6 Å². The van der Waals surface area contributed by atoms with Crippen molar-refractivity contribution in [1.29, 1.82) is 0 Å². The minimum absolute atomic E-state index is 0.0272. The molecular weight excluding hydrogens is 414 g/mol. The molecule has 0 saturated heterocycles. The summed E-state index contributed by atoms with van der Waals surface area (Å²) >= 11 is 5.76. The van der Waals surface area contributed by atoms with E-state index in [1.165, 1.54) is 12.3 Å². The summed E-state index contributed by atoms with van der Waals surface area (Å²) in [5.41, 5.74) is 2.55. The van der Waals surface area contributed by atoms with Gasteiger partial charge in [0.2, 0.25) is 5.91 Å². The van der Waals surface area contributed by atoms with Crippen LogP contribution in [0.25, 0.3) is 11.3 Å². The largest absolute Gasteiger partial charge is 0.353 e. The van der Waals surface area contributed by atoms with Gasteiger partial charge in [-0.15, -0.1) is 0 Å². The number of aryl methyl sites for hydroxylation is 2. The fourth-order valence-corrected chi connectivity index (χ4v) is 4.15. The van der Waals surface area contributed by atoms with Gasteiger partial charge < -0.3 is 5.32 Å². The van der Waals surface area contributed by atoms with Crippen LogP contribution in [0.5, 0.6) is 0 Å². The summed E-state index contributed by atoms with van der Waals surface area (Å²) in [5, 5.41) is 2.56. The first-order valence-electron chi connectivity index (χ1n) is 9.54. The van der Waals surface area contributed by atoms with Crippen molar-refractivity contribution in [2.45, 2.75) is 32.6 Å². The quantitative estimate of drug-likeness (QED) is 0.700. The van der Waals surface area contributed by atoms with Crippen molar-refractivity contribution >= 4 is 29.1 Å². The number of aromatic nitrogens is 1. The van der Waals surface area contributed by atoms with Crippen LogP contribution in [0, 0.1) is 25.6 Å². The van der Waals surface area contributed by atoms with Crippen molar-refractivity contribution in [3.8, 4) is 11.3 Å². The minimum atomic E-state index is -0.957. The molecule has 2 unspecified atom stereocenters. The van der Waals surface area contributed by atoms with Gasteiger partial charge in [-0.2, -0.15) is 0 Å². The van der Waals surface area contributed by atoms with E-state index in [9.17, 15) is 23.2 Å². The first-order chi connectivity index (χ1) is 14.2. The molecule has 0 radical (unpaired) electrons. The highest BCUT2D eigenvalue weighted by Crippen LogP contribution is 2.38. The molecule has 1 aromatic carbocycles. The Morgan fingerprint density at radius 3 is 2.50 bits per heavy atom. The highest BCUT2D eigenvalue weighted by molar-refractivity contribution is 6.30. The Hall–Kier alpha value is -2.67. The second kappa shape index (κ2) is 9.00. The normalized spacial score (nSPS) is 18.7. The monoisotopic (exact) mass is 434 g/mol. The number of hydrogen-bond acceptors (Lipinski definition) is 4. The van der Waals surface area contributed by atoms with E-state index in [1.807, 2.05) is 0 Å². The zero-order valence-electron chi connectivity index (χ0n) is 16.6. The van der Waals surface area contributed by atoms with Gasteiger partial charge in [0, 0.05) is 37.1 Å². The Balaban J connectivity index is 1.89. The third-order valence-electron chi connectivity index (χ3n) is 5.27. The Morgan fingerprint density at radius 2 is 1.90 bits per heavy atom. The van der Waals surface area contributed by atoms with Crippen molar-refractivity contribution in [3.63, 3.8) is 0 Å². The molecule has 30 heavy (non-hydrogen) atoms. The summed E-state index contributed by atoms with van der Waals surface area (Å²) in [7, 11) is 0. The van der Waals surface area contributed by atoms with Crippen LogP contribution in [0.1, 0.15) is 35.4 Å². The maximum atomic E-state index is 14.3. The fourth-order valence-electron chi connectivity index (χ4n) is 4.01. The van der Waals surface area contributed by atoms with E-state index in [1.54, 1.807) is 26.0 Å². The zero-order chi connectivity index (χ0) is 22.0. The Bertz CT molecular complexity index is 1000. The van der Waals surface area contributed by atoms with Crippen molar-refractivity contribution in [2.75, 3.05) is 13.2 Å². The molecule has 2 atom stereocenters. The van der Waals surface area contributed by atoms with E-state index in [0.717, 1.165) is 0 Å². The number of benzene rings is 1. The summed E-state index contributed by atoms with van der Waals surface area (Å²) in [4.78, 5) is 41.5. The molecule has 1 aliphatic carbocycles. The van der Waals surface area contributed by atoms with E-state index in [4.69, 9.17) is 11.6 Å². The summed E-state index contributed by atoms with van der Waals surface area (Å²) in [6, 6.07) is 4.54. The maximum absolute atomic E-state index is 14.3. The van der Waals surface area contributed by atoms with E-state index < -0.39 is 30.2 Å². The van der Waals surface area contributed by atoms with Crippen molar-refractivity contribution in [3.05, 3.63) is 51.9 Å². The minimum Gasteiger partial charge on any atom is -0.353 e. The van der Waals surface area contributed by atoms with Crippen molar-refractivity contribution < 1.29 is 23.2 Å². The Labute approximate surface area is 177 Å². The summed E-state index contributed by atoms with van der Waals surface area (Å²) in [6.45, 7) is 2.69. The number of pyridine rings is 1. The first-order valence-corrected chi connectivity index (χ1v) is 9.92. The lowest BCUT2D eigenvalue weighted by Crippen LogP contribution is -2.29. The molecule has 2 aromatic rings. The number of rotatable bonds is 6. The fraction of sp³-hybridized carbons (Fsp3) is 0.364. The highest BCUT2D eigenvalue weighted by atomic mass is 35.5. The molecule has 0 aliphatic heterocycles. The summed E-state index contributed by atoms with van der Waals surface area (Å²) < 4.78 is 26.5. The van der Waals surface area contributed by atoms with Gasteiger partial charge in [-0.05, 0) is 48.7 Å². The van der Waals surface area contributed by atoms with Crippen LogP contribution in [0.4, 0.5) is 8.78 Å². The lowest BCUT2D eigenvalue weighted by atomic mass is 9.85. The van der Waals surface area contributed by atoms with E-state index in [-0.39, 0.29) is 41.7 Å². The van der Waals surface area contributed by atoms with Crippen molar-refractivity contribution in [2.24, 2.45) is 5.92 Å². The number of nitrogens with zero attached hydrogens (tertiary/aromatic N) is 1. The van der Waals surface area contributed by atoms with E-state index in [2.05, 4.69) is 10.3 Å². The molecule has 158 valence electrons. The Morgan fingerprint density at radius 1 is 1.23 bits per heavy atom. The van der Waals surface area contributed by atoms with Crippen LogP contribution in [0.2, 0.25) is 5.02 Å². The molecular formula is C22H21ClF2N2O3. The number of amides is 1. The number of nitrogens with one attached hydrogen (secondary N) is 1. The number of hydrogen-bond donors (Lipinski definition) is 1. The van der Waals surface area contributed by atoms with Gasteiger partial charge in [-0.25, -0.2) is 8.78 Å². The predicted octanol–water partition coefficient (Wildman–Crippen LogP) is 3.88. The average molecular weight is 435 g/mol. The maximum Gasteiger partial charge on any atom is 0.220 e. The topological polar surface area (TPSA) is 76.1 Å². The van der Waals surface area contributed by atoms with Gasteiger partial charge in [0.15, 0.2) is 11.6 Å². The molecule has 0 bridgehead atoms. The molecule has 1 saturated carbocycles. The standard InChI is InChI=1S/C22H21ClF2N2O3/c1-11-5-13(21-16(25)9-15(23)10-27-21)6-12(2)19(11)20-17(28)7-14(22(20)30)8-18(29)26-4-3-24/h5-6,9-10,14,20H,3-4,7-8H2,1-2H3,(H,26,29). The molecule has 8 heteroatoms. The Kier molecular flexibility index (Phi) is 6.61. The molecule has 1 N–H and O–H groups in total. The summed E-state index contributed by atoms with van der Waals surface area (Å²) in [5.74, 6) is -3.27. The van der Waals surface area contributed by atoms with Gasteiger partial charge >= 0.3 is 0 Å². The molecule has 0 spiro atoms. The second-order valence-electron chi connectivity index (χ2n) is 7.45. The van der Waals surface area contributed by atoms with Gasteiger partial charge in [0.1, 0.15) is 24.1 Å². The van der Waals surface area contributed by atoms with Crippen molar-refractivity contribution in [1.82, 2.24) is 10.3 Å². The average Bonchev–Trinajstić information content (AvgIpc) is 2.93. The number of ketones is 2. The predicted molar refractivity (Wildman–Crippen MR) is 109 cm³/mol. The van der Waals surface area contributed by atoms with Crippen LogP contribution < -0.4 is 5.32 Å². The number of carbonyl (C=O) groups excluding carboxylic acids is 3. The number of alkyl halides is 1. The first kappa shape index (κ1) is 22.0. The third kappa shape index (κ3) is 4.41. The molecule has 5 nitrogen and oxygen atoms in total. The van der Waals surface area contributed by atoms with Gasteiger partial charge in [0.05, 0.1) is 5.02 Å². The lowest BCUT2D eigenvalue weighted by Gasteiger charge is -2.17. The number of halogens is 3. The molecule has 1 aliphatic rings. The second-order valence-corrected chi connectivity index (χ2v) is 7.89. The highest BCUT2D eigenvalue weighted by Gasteiger charge is 2.43. The smallest absolute Gasteiger partial charge is 0.220 e. The number of carbonyl (C=O) groups is 3. The van der Waals surface area contributed by atoms with Crippen LogP contribution in [-0.4, -0.2) is 35.7 Å². The van der Waals surface area contributed by atoms with Crippen LogP contribution in [0.15, 0.2) is 24.4 Å². The molecule has 3 rings (SSSR count). The lowest BCUT2D eigenvalue weighted by molar-refractivity contribution is -0.128.